The van der Waals surface area contributed by atoms with Crippen LogP contribution >= 0.6 is 0 Å². The van der Waals surface area contributed by atoms with Crippen LogP contribution in [0.5, 0.6) is 0 Å². The molecule has 6 nitrogen and oxygen atoms in total. The number of carbonyl (C=O) groups is 1. The highest BCUT2D eigenvalue weighted by Crippen LogP contribution is 2.16. The predicted octanol–water partition coefficient (Wildman–Crippen LogP) is 1.87. The summed E-state index contributed by atoms with van der Waals surface area (Å²) >= 11 is 0. The normalized spacial score (nSPS) is 12.2. The fourth-order valence-corrected chi connectivity index (χ4v) is 2.96. The third-order valence-corrected chi connectivity index (χ3v) is 4.26. The van der Waals surface area contributed by atoms with Crippen molar-refractivity contribution in [2.75, 3.05) is 0 Å². The standard InChI is InChI=1S/C17H24N4O2/c1-6-13(15-8-9-18-21(15)5)19-16(22)12-10-11(3)14(7-2)20(4)17(12)23/h8-10,13H,6-7H2,1-5H3,(H,19,22). The van der Waals surface area contributed by atoms with E-state index in [2.05, 4.69) is 10.4 Å². The molecule has 0 fully saturated rings. The minimum absolute atomic E-state index is 0.175. The van der Waals surface area contributed by atoms with E-state index in [1.165, 1.54) is 0 Å². The Labute approximate surface area is 136 Å². The Morgan fingerprint density at radius 1 is 1.35 bits per heavy atom. The molecule has 0 aliphatic rings. The Bertz CT molecular complexity index is 773. The van der Waals surface area contributed by atoms with E-state index in [0.29, 0.717) is 0 Å². The van der Waals surface area contributed by atoms with Crippen LogP contribution in [0.15, 0.2) is 23.1 Å². The van der Waals surface area contributed by atoms with Crippen LogP contribution in [0, 0.1) is 6.92 Å². The summed E-state index contributed by atoms with van der Waals surface area (Å²) in [4.78, 5) is 25.0. The number of nitrogens with zero attached hydrogens (tertiary/aromatic N) is 3. The van der Waals surface area contributed by atoms with Gasteiger partial charge in [-0.15, -0.1) is 0 Å². The molecule has 0 radical (unpaired) electrons. The molecule has 1 N–H and O–H groups in total. The first-order valence-corrected chi connectivity index (χ1v) is 7.88. The monoisotopic (exact) mass is 316 g/mol. The van der Waals surface area contributed by atoms with Crippen molar-refractivity contribution in [3.05, 3.63) is 51.2 Å². The summed E-state index contributed by atoms with van der Waals surface area (Å²) in [5, 5.41) is 7.08. The summed E-state index contributed by atoms with van der Waals surface area (Å²) < 4.78 is 3.30. The molecule has 1 amide bonds. The first-order valence-electron chi connectivity index (χ1n) is 7.88. The summed E-state index contributed by atoms with van der Waals surface area (Å²) in [5.41, 5.74) is 2.74. The number of nitrogens with one attached hydrogen (secondary N) is 1. The molecule has 1 unspecified atom stereocenters. The molecule has 2 aromatic heterocycles. The van der Waals surface area contributed by atoms with E-state index in [-0.39, 0.29) is 23.1 Å². The van der Waals surface area contributed by atoms with Crippen LogP contribution in [0.2, 0.25) is 0 Å². The van der Waals surface area contributed by atoms with Crippen LogP contribution in [0.3, 0.4) is 0 Å². The van der Waals surface area contributed by atoms with Crippen LogP contribution in [0.1, 0.15) is 53.6 Å². The SMILES string of the molecule is CCc1c(C)cc(C(=O)NC(CC)c2ccnn2C)c(=O)n1C. The fourth-order valence-electron chi connectivity index (χ4n) is 2.96. The number of carbonyl (C=O) groups excluding carboxylic acids is 1. The Balaban J connectivity index is 2.34. The Hall–Kier alpha value is -2.37. The first kappa shape index (κ1) is 17.0. The molecule has 0 aromatic carbocycles. The van der Waals surface area contributed by atoms with Gasteiger partial charge >= 0.3 is 0 Å². The maximum atomic E-state index is 12.6. The van der Waals surface area contributed by atoms with Gasteiger partial charge in [0.15, 0.2) is 0 Å². The van der Waals surface area contributed by atoms with Crippen LogP contribution < -0.4 is 10.9 Å². The lowest BCUT2D eigenvalue weighted by Gasteiger charge is -2.18. The number of aryl methyl sites for hydroxylation is 2. The maximum absolute atomic E-state index is 12.6. The van der Waals surface area contributed by atoms with E-state index in [4.69, 9.17) is 0 Å². The van der Waals surface area contributed by atoms with Crippen LogP contribution in [-0.2, 0) is 20.5 Å². The maximum Gasteiger partial charge on any atom is 0.263 e. The van der Waals surface area contributed by atoms with Crippen molar-refractivity contribution in [2.45, 2.75) is 39.7 Å². The van der Waals surface area contributed by atoms with Gasteiger partial charge in [0.2, 0.25) is 0 Å². The zero-order valence-corrected chi connectivity index (χ0v) is 14.4. The highest BCUT2D eigenvalue weighted by atomic mass is 16.2. The zero-order chi connectivity index (χ0) is 17.1. The van der Waals surface area contributed by atoms with Gasteiger partial charge in [-0.1, -0.05) is 13.8 Å². The van der Waals surface area contributed by atoms with E-state index >= 15 is 0 Å². The molecule has 0 aliphatic heterocycles. The van der Waals surface area contributed by atoms with Gasteiger partial charge in [-0.2, -0.15) is 5.10 Å². The summed E-state index contributed by atoms with van der Waals surface area (Å²) in [6.45, 7) is 5.91. The van der Waals surface area contributed by atoms with Crippen molar-refractivity contribution in [2.24, 2.45) is 14.1 Å². The smallest absolute Gasteiger partial charge is 0.263 e. The molecule has 0 saturated heterocycles. The summed E-state index contributed by atoms with van der Waals surface area (Å²) in [6.07, 6.45) is 3.17. The molecule has 0 aliphatic carbocycles. The number of rotatable bonds is 5. The lowest BCUT2D eigenvalue weighted by atomic mass is 10.1. The largest absolute Gasteiger partial charge is 0.344 e. The number of hydrogen-bond donors (Lipinski definition) is 1. The predicted molar refractivity (Wildman–Crippen MR) is 89.5 cm³/mol. The lowest BCUT2D eigenvalue weighted by Crippen LogP contribution is -2.36. The minimum Gasteiger partial charge on any atom is -0.344 e. The van der Waals surface area contributed by atoms with E-state index in [1.54, 1.807) is 28.6 Å². The molecular formula is C17H24N4O2. The average molecular weight is 316 g/mol. The van der Waals surface area contributed by atoms with Gasteiger partial charge in [0.05, 0.1) is 11.7 Å². The van der Waals surface area contributed by atoms with Gasteiger partial charge in [-0.25, -0.2) is 0 Å². The van der Waals surface area contributed by atoms with E-state index < -0.39 is 0 Å². The van der Waals surface area contributed by atoms with E-state index in [9.17, 15) is 9.59 Å². The number of pyridine rings is 1. The first-order chi connectivity index (χ1) is 10.9. The summed E-state index contributed by atoms with van der Waals surface area (Å²) in [7, 11) is 3.55. The van der Waals surface area contributed by atoms with Gasteiger partial charge < -0.3 is 9.88 Å². The van der Waals surface area contributed by atoms with Gasteiger partial charge in [0, 0.05) is 26.0 Å². The highest BCUT2D eigenvalue weighted by molar-refractivity contribution is 5.94. The molecule has 2 rings (SSSR count). The highest BCUT2D eigenvalue weighted by Gasteiger charge is 2.20. The Morgan fingerprint density at radius 3 is 2.57 bits per heavy atom. The average Bonchev–Trinajstić information content (AvgIpc) is 2.94. The molecule has 23 heavy (non-hydrogen) atoms. The molecule has 124 valence electrons. The topological polar surface area (TPSA) is 68.9 Å². The second kappa shape index (κ2) is 6.81. The summed E-state index contributed by atoms with van der Waals surface area (Å²) in [5.74, 6) is -0.343. The third kappa shape index (κ3) is 3.21. The van der Waals surface area contributed by atoms with Crippen molar-refractivity contribution in [1.29, 1.82) is 0 Å². The van der Waals surface area contributed by atoms with Gasteiger partial charge in [-0.05, 0) is 37.5 Å². The zero-order valence-electron chi connectivity index (χ0n) is 14.4. The van der Waals surface area contributed by atoms with Crippen molar-refractivity contribution >= 4 is 5.91 Å². The van der Waals surface area contributed by atoms with Crippen molar-refractivity contribution in [3.63, 3.8) is 0 Å². The number of amides is 1. The molecule has 2 heterocycles. The van der Waals surface area contributed by atoms with E-state index in [1.807, 2.05) is 33.9 Å². The van der Waals surface area contributed by atoms with Crippen molar-refractivity contribution in [3.8, 4) is 0 Å². The molecule has 2 aromatic rings. The second-order valence-electron chi connectivity index (χ2n) is 5.72. The van der Waals surface area contributed by atoms with Crippen molar-refractivity contribution in [1.82, 2.24) is 19.7 Å². The lowest BCUT2D eigenvalue weighted by molar-refractivity contribution is 0.0931. The third-order valence-electron chi connectivity index (χ3n) is 4.26. The van der Waals surface area contributed by atoms with Gasteiger partial charge in [0.25, 0.3) is 11.5 Å². The number of aromatic nitrogens is 3. The molecule has 6 heteroatoms. The molecule has 0 bridgehead atoms. The molecule has 0 saturated carbocycles. The van der Waals surface area contributed by atoms with Crippen LogP contribution in [-0.4, -0.2) is 20.3 Å². The Morgan fingerprint density at radius 2 is 2.04 bits per heavy atom. The number of hydrogen-bond acceptors (Lipinski definition) is 3. The van der Waals surface area contributed by atoms with Crippen LogP contribution in [0.25, 0.3) is 0 Å². The quantitative estimate of drug-likeness (QED) is 0.915. The second-order valence-corrected chi connectivity index (χ2v) is 5.72. The minimum atomic E-state index is -0.343. The van der Waals surface area contributed by atoms with Crippen molar-refractivity contribution < 1.29 is 4.79 Å². The fraction of sp³-hybridized carbons (Fsp3) is 0.471. The molecular weight excluding hydrogens is 292 g/mol. The van der Waals surface area contributed by atoms with Gasteiger partial charge in [0.1, 0.15) is 5.56 Å². The van der Waals surface area contributed by atoms with E-state index in [0.717, 1.165) is 29.8 Å². The molecule has 0 spiro atoms. The Kier molecular flexibility index (Phi) is 5.03. The van der Waals surface area contributed by atoms with Gasteiger partial charge in [-0.3, -0.25) is 14.3 Å². The molecule has 1 atom stereocenters. The van der Waals surface area contributed by atoms with Crippen LogP contribution in [0.4, 0.5) is 0 Å². The summed E-state index contributed by atoms with van der Waals surface area (Å²) in [6, 6.07) is 3.38.